The van der Waals surface area contributed by atoms with Gasteiger partial charge in [0.15, 0.2) is 12.0 Å². The fourth-order valence-corrected chi connectivity index (χ4v) is 2.04. The molecule has 0 bridgehead atoms. The molecule has 1 aromatic heterocycles. The van der Waals surface area contributed by atoms with Gasteiger partial charge in [0.25, 0.3) is 0 Å². The van der Waals surface area contributed by atoms with Gasteiger partial charge in [0.05, 0.1) is 13.3 Å². The summed E-state index contributed by atoms with van der Waals surface area (Å²) in [7, 11) is 1.33. The van der Waals surface area contributed by atoms with Gasteiger partial charge in [-0.2, -0.15) is 0 Å². The maximum Gasteiger partial charge on any atom is 0.360 e. The van der Waals surface area contributed by atoms with Crippen molar-refractivity contribution in [2.75, 3.05) is 20.3 Å². The molecule has 0 radical (unpaired) electrons. The number of hydrogen-bond donors (Lipinski definition) is 0. The molecule has 1 saturated heterocycles. The van der Waals surface area contributed by atoms with Gasteiger partial charge in [-0.05, 0) is 32.1 Å². The second-order valence-corrected chi connectivity index (χ2v) is 4.73. The fraction of sp³-hybridized carbons (Fsp3) is 0.769. The quantitative estimate of drug-likeness (QED) is 0.556. The summed E-state index contributed by atoms with van der Waals surface area (Å²) in [5.41, 5.74) is 0.236. The van der Waals surface area contributed by atoms with E-state index in [4.69, 9.17) is 9.47 Å². The third-order valence-electron chi connectivity index (χ3n) is 3.16. The standard InChI is InChI=1S/C13H21N3O4/c1-18-13(17)11-10-16(15-14-11)7-3-5-9-20-12-6-2-4-8-19-12/h10,12H,2-9H2,1H3. The van der Waals surface area contributed by atoms with Gasteiger partial charge in [-0.3, -0.25) is 4.68 Å². The number of rotatable bonds is 7. The van der Waals surface area contributed by atoms with E-state index in [-0.39, 0.29) is 12.0 Å². The third kappa shape index (κ3) is 4.57. The largest absolute Gasteiger partial charge is 0.464 e. The third-order valence-corrected chi connectivity index (χ3v) is 3.16. The Labute approximate surface area is 118 Å². The van der Waals surface area contributed by atoms with E-state index in [1.807, 2.05) is 0 Å². The van der Waals surface area contributed by atoms with Crippen LogP contribution in [0.25, 0.3) is 0 Å². The SMILES string of the molecule is COC(=O)c1cn(CCCCOC2CCCCO2)nn1. The Kier molecular flexibility index (Phi) is 5.94. The number of aromatic nitrogens is 3. The highest BCUT2D eigenvalue weighted by Crippen LogP contribution is 2.14. The molecule has 7 nitrogen and oxygen atoms in total. The molecule has 1 aliphatic heterocycles. The van der Waals surface area contributed by atoms with Crippen LogP contribution in [0.5, 0.6) is 0 Å². The van der Waals surface area contributed by atoms with E-state index in [2.05, 4.69) is 15.0 Å². The molecule has 0 N–H and O–H groups in total. The minimum Gasteiger partial charge on any atom is -0.464 e. The van der Waals surface area contributed by atoms with E-state index in [1.54, 1.807) is 10.9 Å². The molecule has 0 spiro atoms. The summed E-state index contributed by atoms with van der Waals surface area (Å²) in [5.74, 6) is -0.464. The van der Waals surface area contributed by atoms with E-state index in [9.17, 15) is 4.79 Å². The zero-order valence-corrected chi connectivity index (χ0v) is 11.8. The fourth-order valence-electron chi connectivity index (χ4n) is 2.04. The van der Waals surface area contributed by atoms with E-state index in [0.29, 0.717) is 13.2 Å². The van der Waals surface area contributed by atoms with Gasteiger partial charge in [0.2, 0.25) is 0 Å². The van der Waals surface area contributed by atoms with Crippen LogP contribution in [-0.2, 0) is 20.8 Å². The van der Waals surface area contributed by atoms with Crippen LogP contribution in [-0.4, -0.2) is 47.6 Å². The van der Waals surface area contributed by atoms with Gasteiger partial charge < -0.3 is 14.2 Å². The zero-order chi connectivity index (χ0) is 14.2. The summed E-state index contributed by atoms with van der Waals surface area (Å²) in [5, 5.41) is 7.62. The highest BCUT2D eigenvalue weighted by atomic mass is 16.7. The van der Waals surface area contributed by atoms with Crippen LogP contribution >= 0.6 is 0 Å². The molecular formula is C13H21N3O4. The Balaban J connectivity index is 1.58. The average Bonchev–Trinajstić information content (AvgIpc) is 2.96. The number of unbranched alkanes of at least 4 members (excludes halogenated alkanes) is 1. The second kappa shape index (κ2) is 7.96. The molecular weight excluding hydrogens is 262 g/mol. The first kappa shape index (κ1) is 14.9. The van der Waals surface area contributed by atoms with Crippen LogP contribution in [0.1, 0.15) is 42.6 Å². The molecule has 0 amide bonds. The van der Waals surface area contributed by atoms with Crippen molar-refractivity contribution in [2.24, 2.45) is 0 Å². The number of carbonyl (C=O) groups is 1. The number of ether oxygens (including phenoxy) is 3. The normalized spacial score (nSPS) is 18.9. The number of esters is 1. The molecule has 1 atom stereocenters. The topological polar surface area (TPSA) is 75.5 Å². The van der Waals surface area contributed by atoms with Gasteiger partial charge in [0, 0.05) is 19.8 Å². The summed E-state index contributed by atoms with van der Waals surface area (Å²) in [6, 6.07) is 0. The van der Waals surface area contributed by atoms with E-state index >= 15 is 0 Å². The smallest absolute Gasteiger partial charge is 0.360 e. The molecule has 20 heavy (non-hydrogen) atoms. The number of hydrogen-bond acceptors (Lipinski definition) is 6. The predicted octanol–water partition coefficient (Wildman–Crippen LogP) is 1.39. The lowest BCUT2D eigenvalue weighted by Gasteiger charge is -2.22. The van der Waals surface area contributed by atoms with Crippen molar-refractivity contribution in [3.05, 3.63) is 11.9 Å². The van der Waals surface area contributed by atoms with Crippen LogP contribution in [0.3, 0.4) is 0 Å². The predicted molar refractivity (Wildman–Crippen MR) is 70.1 cm³/mol. The highest BCUT2D eigenvalue weighted by molar-refractivity contribution is 5.86. The van der Waals surface area contributed by atoms with Crippen molar-refractivity contribution in [1.29, 1.82) is 0 Å². The lowest BCUT2D eigenvalue weighted by Crippen LogP contribution is -2.22. The van der Waals surface area contributed by atoms with Gasteiger partial charge in [-0.25, -0.2) is 4.79 Å². The Morgan fingerprint density at radius 2 is 2.40 bits per heavy atom. The van der Waals surface area contributed by atoms with Gasteiger partial charge in [-0.15, -0.1) is 5.10 Å². The summed E-state index contributed by atoms with van der Waals surface area (Å²) in [6.07, 6.45) is 6.71. The molecule has 2 heterocycles. The first-order chi connectivity index (χ1) is 9.79. The lowest BCUT2D eigenvalue weighted by atomic mass is 10.2. The van der Waals surface area contributed by atoms with Gasteiger partial charge in [0.1, 0.15) is 0 Å². The van der Waals surface area contributed by atoms with Crippen molar-refractivity contribution in [1.82, 2.24) is 15.0 Å². The minimum absolute atomic E-state index is 0.0268. The molecule has 1 aliphatic rings. The van der Waals surface area contributed by atoms with Crippen LogP contribution in [0.2, 0.25) is 0 Å². The number of nitrogens with zero attached hydrogens (tertiary/aromatic N) is 3. The minimum atomic E-state index is -0.464. The maximum atomic E-state index is 11.2. The summed E-state index contributed by atoms with van der Waals surface area (Å²) < 4.78 is 17.3. The Hall–Kier alpha value is -1.47. The average molecular weight is 283 g/mol. The summed E-state index contributed by atoms with van der Waals surface area (Å²) >= 11 is 0. The Morgan fingerprint density at radius 1 is 1.50 bits per heavy atom. The van der Waals surface area contributed by atoms with Crippen molar-refractivity contribution >= 4 is 5.97 Å². The van der Waals surface area contributed by atoms with E-state index in [0.717, 1.165) is 32.3 Å². The molecule has 1 unspecified atom stereocenters. The first-order valence-corrected chi connectivity index (χ1v) is 7.01. The van der Waals surface area contributed by atoms with Crippen LogP contribution in [0.4, 0.5) is 0 Å². The van der Waals surface area contributed by atoms with Crippen molar-refractivity contribution < 1.29 is 19.0 Å². The lowest BCUT2D eigenvalue weighted by molar-refractivity contribution is -0.162. The van der Waals surface area contributed by atoms with Gasteiger partial charge >= 0.3 is 5.97 Å². The van der Waals surface area contributed by atoms with Crippen LogP contribution in [0.15, 0.2) is 6.20 Å². The molecule has 0 aliphatic carbocycles. The van der Waals surface area contributed by atoms with E-state index < -0.39 is 5.97 Å². The molecule has 112 valence electrons. The van der Waals surface area contributed by atoms with Crippen LogP contribution in [0, 0.1) is 0 Å². The van der Waals surface area contributed by atoms with Crippen LogP contribution < -0.4 is 0 Å². The molecule has 0 saturated carbocycles. The zero-order valence-electron chi connectivity index (χ0n) is 11.8. The number of carbonyl (C=O) groups excluding carboxylic acids is 1. The number of aryl methyl sites for hydroxylation is 1. The highest BCUT2D eigenvalue weighted by Gasteiger charge is 2.13. The molecule has 2 rings (SSSR count). The molecule has 7 heteroatoms. The number of methoxy groups -OCH3 is 1. The first-order valence-electron chi connectivity index (χ1n) is 7.01. The molecule has 1 fully saturated rings. The summed E-state index contributed by atoms with van der Waals surface area (Å²) in [4.78, 5) is 11.2. The summed E-state index contributed by atoms with van der Waals surface area (Å²) in [6.45, 7) is 2.20. The van der Waals surface area contributed by atoms with Crippen molar-refractivity contribution in [3.8, 4) is 0 Å². The monoisotopic (exact) mass is 283 g/mol. The molecule has 0 aromatic carbocycles. The van der Waals surface area contributed by atoms with Crippen molar-refractivity contribution in [3.63, 3.8) is 0 Å². The maximum absolute atomic E-state index is 11.2. The Bertz CT molecular complexity index is 416. The Morgan fingerprint density at radius 3 is 3.15 bits per heavy atom. The van der Waals surface area contributed by atoms with E-state index in [1.165, 1.54) is 13.5 Å². The van der Waals surface area contributed by atoms with Crippen molar-refractivity contribution in [2.45, 2.75) is 44.9 Å². The second-order valence-electron chi connectivity index (χ2n) is 4.73. The molecule has 1 aromatic rings. The van der Waals surface area contributed by atoms with Gasteiger partial charge in [-0.1, -0.05) is 5.21 Å².